The average Bonchev–Trinajstić information content (AvgIpc) is 3.00. The lowest BCUT2D eigenvalue weighted by Gasteiger charge is -2.19. The molecule has 1 aliphatic heterocycles. The predicted molar refractivity (Wildman–Crippen MR) is 87.2 cm³/mol. The molecule has 0 aliphatic carbocycles. The van der Waals surface area contributed by atoms with Gasteiger partial charge in [-0.3, -0.25) is 4.98 Å². The highest BCUT2D eigenvalue weighted by molar-refractivity contribution is 6.42. The molecule has 1 aromatic heterocycles. The number of aromatic nitrogens is 1. The molecule has 2 heterocycles. The van der Waals surface area contributed by atoms with Gasteiger partial charge in [0.2, 0.25) is 0 Å². The number of hydrogen-bond donors (Lipinski definition) is 1. The third-order valence-corrected chi connectivity index (χ3v) is 4.67. The lowest BCUT2D eigenvalue weighted by molar-refractivity contribution is 0.0696. The Bertz CT molecular complexity index is 721. The van der Waals surface area contributed by atoms with Crippen LogP contribution >= 0.6 is 23.2 Å². The van der Waals surface area contributed by atoms with Crippen LogP contribution in [0.5, 0.6) is 0 Å². The molecule has 0 amide bonds. The molecule has 6 heteroatoms. The van der Waals surface area contributed by atoms with Crippen molar-refractivity contribution in [1.82, 2.24) is 4.98 Å². The highest BCUT2D eigenvalue weighted by Gasteiger charge is 2.25. The van der Waals surface area contributed by atoms with E-state index in [-0.39, 0.29) is 11.5 Å². The lowest BCUT2D eigenvalue weighted by atomic mass is 9.99. The third-order valence-electron chi connectivity index (χ3n) is 3.93. The Morgan fingerprint density at radius 3 is 2.77 bits per heavy atom. The van der Waals surface area contributed by atoms with Gasteiger partial charge in [-0.05, 0) is 36.2 Å². The number of hydrogen-bond acceptors (Lipinski definition) is 3. The number of aromatic carboxylic acids is 1. The molecule has 0 bridgehead atoms. The summed E-state index contributed by atoms with van der Waals surface area (Å²) in [5, 5.41) is 10.1. The number of benzene rings is 1. The molecule has 2 aromatic rings. The molecule has 0 saturated carbocycles. The molecule has 1 saturated heterocycles. The predicted octanol–water partition coefficient (Wildman–Crippen LogP) is 4.08. The molecule has 1 aliphatic rings. The van der Waals surface area contributed by atoms with E-state index in [1.165, 1.54) is 6.20 Å². The van der Waals surface area contributed by atoms with Gasteiger partial charge in [-0.25, -0.2) is 4.79 Å². The Morgan fingerprint density at radius 2 is 2.05 bits per heavy atom. The van der Waals surface area contributed by atoms with Crippen molar-refractivity contribution in [3.8, 4) is 0 Å². The van der Waals surface area contributed by atoms with Crippen molar-refractivity contribution in [2.24, 2.45) is 0 Å². The van der Waals surface area contributed by atoms with E-state index in [4.69, 9.17) is 28.3 Å². The van der Waals surface area contributed by atoms with E-state index >= 15 is 0 Å². The van der Waals surface area contributed by atoms with Crippen LogP contribution in [0.25, 0.3) is 0 Å². The summed E-state index contributed by atoms with van der Waals surface area (Å²) in [6, 6.07) is 7.30. The summed E-state index contributed by atoms with van der Waals surface area (Å²) in [5.41, 5.74) is 2.21. The molecule has 1 atom stereocenters. The first kappa shape index (κ1) is 15.1. The maximum atomic E-state index is 11.0. The van der Waals surface area contributed by atoms with Crippen molar-refractivity contribution in [1.29, 1.82) is 0 Å². The Morgan fingerprint density at radius 1 is 1.23 bits per heavy atom. The molecule has 0 radical (unpaired) electrons. The zero-order valence-electron chi connectivity index (χ0n) is 11.7. The molecule has 1 N–H and O–H groups in total. The molecular formula is C16H14Cl2N2O2. The SMILES string of the molecule is O=C(O)c1cncc(C2CCN(c3ccc(Cl)c(Cl)c3)C2)c1. The van der Waals surface area contributed by atoms with Gasteiger partial charge in [0, 0.05) is 37.1 Å². The zero-order chi connectivity index (χ0) is 15.7. The maximum Gasteiger partial charge on any atom is 0.337 e. The van der Waals surface area contributed by atoms with Crippen LogP contribution in [0.1, 0.15) is 28.3 Å². The zero-order valence-corrected chi connectivity index (χ0v) is 13.2. The topological polar surface area (TPSA) is 53.4 Å². The molecule has 0 spiro atoms. The highest BCUT2D eigenvalue weighted by Crippen LogP contribution is 2.33. The van der Waals surface area contributed by atoms with Gasteiger partial charge in [-0.15, -0.1) is 0 Å². The van der Waals surface area contributed by atoms with Gasteiger partial charge < -0.3 is 10.0 Å². The monoisotopic (exact) mass is 336 g/mol. The van der Waals surface area contributed by atoms with Crippen LogP contribution in [0.4, 0.5) is 5.69 Å². The summed E-state index contributed by atoms with van der Waals surface area (Å²) in [7, 11) is 0. The van der Waals surface area contributed by atoms with Gasteiger partial charge in [0.1, 0.15) is 0 Å². The van der Waals surface area contributed by atoms with Crippen molar-refractivity contribution >= 4 is 34.9 Å². The van der Waals surface area contributed by atoms with Crippen LogP contribution in [0.15, 0.2) is 36.7 Å². The van der Waals surface area contributed by atoms with Crippen LogP contribution in [-0.4, -0.2) is 29.1 Å². The molecule has 22 heavy (non-hydrogen) atoms. The van der Waals surface area contributed by atoms with Crippen molar-refractivity contribution in [3.63, 3.8) is 0 Å². The van der Waals surface area contributed by atoms with Crippen molar-refractivity contribution in [2.45, 2.75) is 12.3 Å². The van der Waals surface area contributed by atoms with E-state index in [0.717, 1.165) is 30.8 Å². The van der Waals surface area contributed by atoms with Crippen molar-refractivity contribution < 1.29 is 9.90 Å². The lowest BCUT2D eigenvalue weighted by Crippen LogP contribution is -2.19. The second kappa shape index (κ2) is 6.15. The Kier molecular flexibility index (Phi) is 4.23. The number of carboxylic acids is 1. The number of nitrogens with zero attached hydrogens (tertiary/aromatic N) is 2. The van der Waals surface area contributed by atoms with E-state index in [1.54, 1.807) is 18.3 Å². The van der Waals surface area contributed by atoms with Gasteiger partial charge in [-0.2, -0.15) is 0 Å². The molecule has 1 unspecified atom stereocenters. The molecule has 114 valence electrons. The molecular weight excluding hydrogens is 323 g/mol. The van der Waals surface area contributed by atoms with Gasteiger partial charge in [0.05, 0.1) is 15.6 Å². The Balaban J connectivity index is 1.78. The smallest absolute Gasteiger partial charge is 0.337 e. The fourth-order valence-corrected chi connectivity index (χ4v) is 3.04. The van der Waals surface area contributed by atoms with E-state index in [9.17, 15) is 4.79 Å². The summed E-state index contributed by atoms with van der Waals surface area (Å²) in [6.07, 6.45) is 4.07. The van der Waals surface area contributed by atoms with Gasteiger partial charge in [-0.1, -0.05) is 23.2 Å². The minimum atomic E-state index is -0.950. The van der Waals surface area contributed by atoms with E-state index < -0.39 is 5.97 Å². The van der Waals surface area contributed by atoms with E-state index in [1.807, 2.05) is 12.1 Å². The summed E-state index contributed by atoms with van der Waals surface area (Å²) in [4.78, 5) is 17.3. The number of pyridine rings is 1. The Hall–Kier alpha value is -1.78. The van der Waals surface area contributed by atoms with Crippen molar-refractivity contribution in [3.05, 3.63) is 57.8 Å². The van der Waals surface area contributed by atoms with Crippen LogP contribution in [0, 0.1) is 0 Å². The van der Waals surface area contributed by atoms with Crippen LogP contribution in [0.3, 0.4) is 0 Å². The number of anilines is 1. The Labute approximate surface area is 138 Å². The summed E-state index contributed by atoms with van der Waals surface area (Å²) < 4.78 is 0. The maximum absolute atomic E-state index is 11.0. The first-order valence-electron chi connectivity index (χ1n) is 6.93. The third kappa shape index (κ3) is 3.03. The first-order chi connectivity index (χ1) is 10.5. The molecule has 1 fully saturated rings. The van der Waals surface area contributed by atoms with Crippen LogP contribution < -0.4 is 4.90 Å². The van der Waals surface area contributed by atoms with Crippen molar-refractivity contribution in [2.75, 3.05) is 18.0 Å². The minimum Gasteiger partial charge on any atom is -0.478 e. The van der Waals surface area contributed by atoms with E-state index in [2.05, 4.69) is 9.88 Å². The van der Waals surface area contributed by atoms with Crippen LogP contribution in [0.2, 0.25) is 10.0 Å². The quantitative estimate of drug-likeness (QED) is 0.917. The molecule has 4 nitrogen and oxygen atoms in total. The molecule has 3 rings (SSSR count). The van der Waals surface area contributed by atoms with E-state index in [0.29, 0.717) is 10.0 Å². The van der Waals surface area contributed by atoms with Gasteiger partial charge in [0.25, 0.3) is 0 Å². The number of carbonyl (C=O) groups is 1. The van der Waals surface area contributed by atoms with Gasteiger partial charge >= 0.3 is 5.97 Å². The first-order valence-corrected chi connectivity index (χ1v) is 7.68. The normalized spacial score (nSPS) is 17.7. The number of halogens is 2. The van der Waals surface area contributed by atoms with Crippen LogP contribution in [-0.2, 0) is 0 Å². The fourth-order valence-electron chi connectivity index (χ4n) is 2.75. The van der Waals surface area contributed by atoms with Gasteiger partial charge in [0.15, 0.2) is 0 Å². The summed E-state index contributed by atoms with van der Waals surface area (Å²) in [5.74, 6) is -0.685. The average molecular weight is 337 g/mol. The fraction of sp³-hybridized carbons (Fsp3) is 0.250. The minimum absolute atomic E-state index is 0.227. The largest absolute Gasteiger partial charge is 0.478 e. The number of carboxylic acid groups (broad SMARTS) is 1. The summed E-state index contributed by atoms with van der Waals surface area (Å²) in [6.45, 7) is 1.70. The summed E-state index contributed by atoms with van der Waals surface area (Å²) >= 11 is 12.0. The standard InChI is InChI=1S/C16H14Cl2N2O2/c17-14-2-1-13(6-15(14)18)20-4-3-10(9-20)11-5-12(16(21)22)8-19-7-11/h1-2,5-8,10H,3-4,9H2,(H,21,22). The second-order valence-electron chi connectivity index (χ2n) is 5.34. The number of rotatable bonds is 3. The second-order valence-corrected chi connectivity index (χ2v) is 6.16. The molecule has 1 aromatic carbocycles. The highest BCUT2D eigenvalue weighted by atomic mass is 35.5.